The summed E-state index contributed by atoms with van der Waals surface area (Å²) in [7, 11) is -3.51. The Labute approximate surface area is 130 Å². The molecule has 0 amide bonds. The third kappa shape index (κ3) is 3.72. The monoisotopic (exact) mass is 336 g/mol. The van der Waals surface area contributed by atoms with Crippen LogP contribution < -0.4 is 4.72 Å². The standard InChI is InChI=1S/C13H21ClN2O2S2/c1-8(2)10-5-4-9(3)6-11(10)16-20(17,18)12-7-15-13(14)19-12/h7-11,16H,4-6H2,1-3H3. The van der Waals surface area contributed by atoms with Crippen LogP contribution >= 0.6 is 22.9 Å². The molecule has 0 saturated heterocycles. The van der Waals surface area contributed by atoms with Crippen LogP contribution in [0.4, 0.5) is 0 Å². The molecule has 0 radical (unpaired) electrons. The molecule has 0 spiro atoms. The summed E-state index contributed by atoms with van der Waals surface area (Å²) >= 11 is 6.72. The van der Waals surface area contributed by atoms with Crippen molar-refractivity contribution in [1.29, 1.82) is 0 Å². The van der Waals surface area contributed by atoms with E-state index in [-0.39, 0.29) is 14.7 Å². The average molecular weight is 337 g/mol. The van der Waals surface area contributed by atoms with E-state index in [1.165, 1.54) is 12.6 Å². The lowest BCUT2D eigenvalue weighted by Crippen LogP contribution is -2.45. The first kappa shape index (κ1) is 16.2. The molecule has 4 nitrogen and oxygen atoms in total. The molecular weight excluding hydrogens is 316 g/mol. The van der Waals surface area contributed by atoms with Gasteiger partial charge in [0.05, 0.1) is 6.20 Å². The van der Waals surface area contributed by atoms with Gasteiger partial charge in [0.2, 0.25) is 0 Å². The number of hydrogen-bond acceptors (Lipinski definition) is 4. The first-order valence-electron chi connectivity index (χ1n) is 6.93. The molecule has 7 heteroatoms. The maximum atomic E-state index is 12.4. The number of thiazole rings is 1. The minimum atomic E-state index is -3.51. The summed E-state index contributed by atoms with van der Waals surface area (Å²) in [6, 6.07) is 0.00428. The Morgan fingerprint density at radius 2 is 2.15 bits per heavy atom. The Bertz CT molecular complexity index is 556. The van der Waals surface area contributed by atoms with Gasteiger partial charge in [0.25, 0.3) is 10.0 Å². The third-order valence-electron chi connectivity index (χ3n) is 4.05. The molecule has 3 atom stereocenters. The van der Waals surface area contributed by atoms with Gasteiger partial charge in [-0.1, -0.05) is 50.1 Å². The summed E-state index contributed by atoms with van der Waals surface area (Å²) in [6.45, 7) is 6.50. The molecule has 0 bridgehead atoms. The SMILES string of the molecule is CC1CCC(C(C)C)C(NS(=O)(=O)c2cnc(Cl)s2)C1. The van der Waals surface area contributed by atoms with Crippen LogP contribution in [0.25, 0.3) is 0 Å². The van der Waals surface area contributed by atoms with Crippen molar-refractivity contribution in [2.24, 2.45) is 17.8 Å². The average Bonchev–Trinajstić information content (AvgIpc) is 2.75. The summed E-state index contributed by atoms with van der Waals surface area (Å²) in [5.74, 6) is 1.42. The number of sulfonamides is 1. The summed E-state index contributed by atoms with van der Waals surface area (Å²) in [5.41, 5.74) is 0. The Kier molecular flexibility index (Phi) is 5.10. The molecular formula is C13H21ClN2O2S2. The van der Waals surface area contributed by atoms with Crippen LogP contribution in [0.15, 0.2) is 10.4 Å². The van der Waals surface area contributed by atoms with Gasteiger partial charge in [0, 0.05) is 6.04 Å². The Morgan fingerprint density at radius 3 is 2.70 bits per heavy atom. The van der Waals surface area contributed by atoms with Crippen molar-refractivity contribution in [2.75, 3.05) is 0 Å². The van der Waals surface area contributed by atoms with Crippen LogP contribution in [0.5, 0.6) is 0 Å². The second-order valence-electron chi connectivity index (χ2n) is 5.99. The smallest absolute Gasteiger partial charge is 0.232 e. The predicted octanol–water partition coefficient (Wildman–Crippen LogP) is 3.54. The minimum Gasteiger partial charge on any atom is -0.232 e. The molecule has 1 heterocycles. The van der Waals surface area contributed by atoms with E-state index in [1.807, 2.05) is 0 Å². The zero-order valence-corrected chi connectivity index (χ0v) is 14.4. The molecule has 1 fully saturated rings. The highest BCUT2D eigenvalue weighted by Gasteiger charge is 2.34. The molecule has 20 heavy (non-hydrogen) atoms. The lowest BCUT2D eigenvalue weighted by molar-refractivity contribution is 0.188. The van der Waals surface area contributed by atoms with Gasteiger partial charge in [-0.2, -0.15) is 0 Å². The second-order valence-corrected chi connectivity index (χ2v) is 9.54. The molecule has 1 N–H and O–H groups in total. The van der Waals surface area contributed by atoms with Crippen molar-refractivity contribution in [1.82, 2.24) is 9.71 Å². The maximum Gasteiger partial charge on any atom is 0.251 e. The Hall–Kier alpha value is -0.170. The van der Waals surface area contributed by atoms with Crippen LogP contribution in [0.3, 0.4) is 0 Å². The zero-order valence-electron chi connectivity index (χ0n) is 12.0. The Morgan fingerprint density at radius 1 is 1.45 bits per heavy atom. The van der Waals surface area contributed by atoms with Gasteiger partial charge in [-0.15, -0.1) is 0 Å². The van der Waals surface area contributed by atoms with Gasteiger partial charge in [0.15, 0.2) is 8.68 Å². The highest BCUT2D eigenvalue weighted by Crippen LogP contribution is 2.34. The fraction of sp³-hybridized carbons (Fsp3) is 0.769. The van der Waals surface area contributed by atoms with Gasteiger partial charge < -0.3 is 0 Å². The number of halogens is 1. The number of hydrogen-bond donors (Lipinski definition) is 1. The van der Waals surface area contributed by atoms with Gasteiger partial charge in [-0.05, 0) is 30.6 Å². The van der Waals surface area contributed by atoms with Gasteiger partial charge >= 0.3 is 0 Å². The normalized spacial score (nSPS) is 27.9. The van der Waals surface area contributed by atoms with E-state index < -0.39 is 10.0 Å². The van der Waals surface area contributed by atoms with Crippen LogP contribution in [0.2, 0.25) is 4.47 Å². The molecule has 3 unspecified atom stereocenters. The Balaban J connectivity index is 2.17. The van der Waals surface area contributed by atoms with Crippen molar-refractivity contribution in [3.05, 3.63) is 10.7 Å². The van der Waals surface area contributed by atoms with Gasteiger partial charge in [0.1, 0.15) is 0 Å². The first-order chi connectivity index (χ1) is 9.29. The lowest BCUT2D eigenvalue weighted by atomic mass is 9.74. The van der Waals surface area contributed by atoms with E-state index in [4.69, 9.17) is 11.6 Å². The maximum absolute atomic E-state index is 12.4. The van der Waals surface area contributed by atoms with E-state index >= 15 is 0 Å². The molecule has 1 aliphatic carbocycles. The molecule has 0 aliphatic heterocycles. The number of nitrogens with one attached hydrogen (secondary N) is 1. The van der Waals surface area contributed by atoms with Crippen molar-refractivity contribution < 1.29 is 8.42 Å². The van der Waals surface area contributed by atoms with E-state index in [1.54, 1.807) is 0 Å². The topological polar surface area (TPSA) is 59.1 Å². The first-order valence-corrected chi connectivity index (χ1v) is 9.61. The molecule has 1 aromatic rings. The third-order valence-corrected chi connectivity index (χ3v) is 7.12. The minimum absolute atomic E-state index is 0.00428. The van der Waals surface area contributed by atoms with Gasteiger partial charge in [-0.3, -0.25) is 0 Å². The number of rotatable bonds is 4. The van der Waals surface area contributed by atoms with Crippen molar-refractivity contribution in [2.45, 2.75) is 50.3 Å². The van der Waals surface area contributed by atoms with E-state index in [0.717, 1.165) is 24.2 Å². The summed E-state index contributed by atoms with van der Waals surface area (Å²) in [6.07, 6.45) is 4.48. The highest BCUT2D eigenvalue weighted by molar-refractivity contribution is 7.91. The summed E-state index contributed by atoms with van der Waals surface area (Å²) in [4.78, 5) is 3.81. The number of aromatic nitrogens is 1. The van der Waals surface area contributed by atoms with E-state index in [0.29, 0.717) is 17.8 Å². The zero-order chi connectivity index (χ0) is 14.9. The van der Waals surface area contributed by atoms with Crippen LogP contribution in [0.1, 0.15) is 40.0 Å². The fourth-order valence-electron chi connectivity index (χ4n) is 2.96. The number of nitrogens with zero attached hydrogens (tertiary/aromatic N) is 1. The van der Waals surface area contributed by atoms with Crippen molar-refractivity contribution in [3.8, 4) is 0 Å². The van der Waals surface area contributed by atoms with Crippen LogP contribution in [-0.2, 0) is 10.0 Å². The lowest BCUT2D eigenvalue weighted by Gasteiger charge is -2.37. The molecule has 2 rings (SSSR count). The molecule has 1 aromatic heterocycles. The molecule has 114 valence electrons. The molecule has 0 aromatic carbocycles. The van der Waals surface area contributed by atoms with Crippen LogP contribution in [-0.4, -0.2) is 19.4 Å². The van der Waals surface area contributed by atoms with Crippen molar-refractivity contribution >= 4 is 33.0 Å². The van der Waals surface area contributed by atoms with E-state index in [2.05, 4.69) is 30.5 Å². The van der Waals surface area contributed by atoms with Crippen molar-refractivity contribution in [3.63, 3.8) is 0 Å². The quantitative estimate of drug-likeness (QED) is 0.914. The predicted molar refractivity (Wildman–Crippen MR) is 82.6 cm³/mol. The van der Waals surface area contributed by atoms with Gasteiger partial charge in [-0.25, -0.2) is 18.1 Å². The van der Waals surface area contributed by atoms with Crippen LogP contribution in [0, 0.1) is 17.8 Å². The molecule has 1 aliphatic rings. The molecule has 1 saturated carbocycles. The summed E-state index contributed by atoms with van der Waals surface area (Å²) in [5, 5.41) is 0. The second kappa shape index (κ2) is 6.30. The largest absolute Gasteiger partial charge is 0.251 e. The highest BCUT2D eigenvalue weighted by atomic mass is 35.5. The summed E-state index contributed by atoms with van der Waals surface area (Å²) < 4.78 is 28.1. The fourth-order valence-corrected chi connectivity index (χ4v) is 5.57. The van der Waals surface area contributed by atoms with E-state index in [9.17, 15) is 8.42 Å².